The number of hydrogen-bond acceptors (Lipinski definition) is 3. The number of benzene rings is 3. The second-order valence-electron chi connectivity index (χ2n) is 8.12. The Morgan fingerprint density at radius 2 is 1.91 bits per heavy atom. The Labute approximate surface area is 188 Å². The van der Waals surface area contributed by atoms with E-state index in [1.165, 1.54) is 0 Å². The molecular weight excluding hydrogens is 398 g/mol. The monoisotopic (exact) mass is 425 g/mol. The number of nitrogens with zero attached hydrogens (tertiary/aromatic N) is 1. The first-order valence-electron chi connectivity index (χ1n) is 10.9. The highest BCUT2D eigenvalue weighted by Gasteiger charge is 2.32. The zero-order valence-corrected chi connectivity index (χ0v) is 18.4. The van der Waals surface area contributed by atoms with E-state index in [1.54, 1.807) is 18.9 Å². The van der Waals surface area contributed by atoms with Crippen molar-refractivity contribution in [2.75, 3.05) is 11.9 Å². The van der Waals surface area contributed by atoms with Crippen LogP contribution in [0.3, 0.4) is 0 Å². The molecule has 0 bridgehead atoms. The minimum absolute atomic E-state index is 0.123. The van der Waals surface area contributed by atoms with Crippen molar-refractivity contribution >= 4 is 28.3 Å². The van der Waals surface area contributed by atoms with Crippen LogP contribution in [0.5, 0.6) is 0 Å². The summed E-state index contributed by atoms with van der Waals surface area (Å²) in [6, 6.07) is 18.9. The van der Waals surface area contributed by atoms with Gasteiger partial charge < -0.3 is 15.5 Å². The van der Waals surface area contributed by atoms with Gasteiger partial charge in [-0.3, -0.25) is 9.59 Å². The molecule has 0 radical (unpaired) electrons. The Kier molecular flexibility index (Phi) is 6.25. The second-order valence-corrected chi connectivity index (χ2v) is 8.12. The summed E-state index contributed by atoms with van der Waals surface area (Å²) in [6.07, 6.45) is 7.08. The van der Waals surface area contributed by atoms with Crippen LogP contribution in [0.15, 0.2) is 60.7 Å². The Bertz CT molecular complexity index is 1210. The molecule has 2 atom stereocenters. The predicted molar refractivity (Wildman–Crippen MR) is 128 cm³/mol. The van der Waals surface area contributed by atoms with Crippen molar-refractivity contribution in [3.8, 4) is 12.3 Å². The molecule has 162 valence electrons. The summed E-state index contributed by atoms with van der Waals surface area (Å²) in [5, 5.41) is 7.98. The number of nitrogens with one attached hydrogen (secondary N) is 2. The van der Waals surface area contributed by atoms with E-state index in [-0.39, 0.29) is 17.9 Å². The van der Waals surface area contributed by atoms with Gasteiger partial charge in [-0.05, 0) is 60.8 Å². The van der Waals surface area contributed by atoms with E-state index in [0.717, 1.165) is 33.2 Å². The maximum absolute atomic E-state index is 13.7. The minimum Gasteiger partial charge on any atom is -0.343 e. The van der Waals surface area contributed by atoms with E-state index in [4.69, 9.17) is 6.42 Å². The Hall–Kier alpha value is -3.62. The summed E-state index contributed by atoms with van der Waals surface area (Å²) >= 11 is 0. The number of carbonyl (C=O) groups excluding carboxylic acids is 2. The number of anilines is 1. The molecule has 2 N–H and O–H groups in total. The quantitative estimate of drug-likeness (QED) is 0.616. The normalized spacial score (nSPS) is 16.7. The Balaban J connectivity index is 1.77. The van der Waals surface area contributed by atoms with Crippen molar-refractivity contribution in [3.05, 3.63) is 77.4 Å². The van der Waals surface area contributed by atoms with Gasteiger partial charge in [-0.15, -0.1) is 6.42 Å². The van der Waals surface area contributed by atoms with Gasteiger partial charge in [0.15, 0.2) is 0 Å². The standard InChI is InChI=1S/C27H27N3O2/c1-4-19-13-14-20-9-5-7-11-22(20)23(19)17-30-25-12-8-6-10-21(25)15-16-24(27(30)32)29-26(31)18(2)28-3/h1,5-14,18,24,28H,15-17H2,2-3H3,(H,29,31). The SMILES string of the molecule is C#Cc1ccc2ccccc2c1CN1C(=O)C(NC(=O)C(C)NC)CCc2ccccc21. The smallest absolute Gasteiger partial charge is 0.249 e. The van der Waals surface area contributed by atoms with E-state index in [2.05, 4.69) is 16.6 Å². The topological polar surface area (TPSA) is 61.4 Å². The third-order valence-electron chi connectivity index (χ3n) is 6.20. The second kappa shape index (κ2) is 9.25. The Morgan fingerprint density at radius 3 is 2.69 bits per heavy atom. The van der Waals surface area contributed by atoms with Crippen molar-refractivity contribution in [2.24, 2.45) is 0 Å². The van der Waals surface area contributed by atoms with Gasteiger partial charge in [-0.25, -0.2) is 0 Å². The maximum Gasteiger partial charge on any atom is 0.249 e. The molecule has 2 amide bonds. The summed E-state index contributed by atoms with van der Waals surface area (Å²) in [6.45, 7) is 2.11. The number of aryl methyl sites for hydroxylation is 1. The molecule has 0 fully saturated rings. The molecule has 2 unspecified atom stereocenters. The number of likely N-dealkylation sites (N-methyl/N-ethyl adjacent to an activating group) is 1. The molecule has 1 heterocycles. The molecule has 5 nitrogen and oxygen atoms in total. The third-order valence-corrected chi connectivity index (χ3v) is 6.20. The van der Waals surface area contributed by atoms with Crippen molar-refractivity contribution in [2.45, 2.75) is 38.4 Å². The van der Waals surface area contributed by atoms with Gasteiger partial charge in [0.25, 0.3) is 0 Å². The number of carbonyl (C=O) groups is 2. The van der Waals surface area contributed by atoms with Crippen molar-refractivity contribution in [1.82, 2.24) is 10.6 Å². The lowest BCUT2D eigenvalue weighted by Crippen LogP contribution is -2.52. The van der Waals surface area contributed by atoms with Crippen LogP contribution >= 0.6 is 0 Å². The number of hydrogen-bond donors (Lipinski definition) is 2. The molecule has 3 aromatic rings. The number of amides is 2. The molecule has 3 aromatic carbocycles. The van der Waals surface area contributed by atoms with Crippen molar-refractivity contribution in [1.29, 1.82) is 0 Å². The molecule has 5 heteroatoms. The number of rotatable bonds is 5. The molecule has 0 saturated heterocycles. The van der Waals surface area contributed by atoms with Gasteiger partial charge in [0.05, 0.1) is 12.6 Å². The van der Waals surface area contributed by atoms with Crippen molar-refractivity contribution in [3.63, 3.8) is 0 Å². The molecule has 1 aliphatic rings. The van der Waals surface area contributed by atoms with E-state index in [0.29, 0.717) is 19.4 Å². The molecule has 4 rings (SSSR count). The third kappa shape index (κ3) is 4.10. The first kappa shape index (κ1) is 21.6. The molecule has 32 heavy (non-hydrogen) atoms. The van der Waals surface area contributed by atoms with Gasteiger partial charge in [-0.2, -0.15) is 0 Å². The van der Waals surface area contributed by atoms with E-state index < -0.39 is 6.04 Å². The van der Waals surface area contributed by atoms with Crippen LogP contribution in [0.4, 0.5) is 5.69 Å². The summed E-state index contributed by atoms with van der Waals surface area (Å²) in [5.74, 6) is 2.47. The predicted octanol–water partition coefficient (Wildman–Crippen LogP) is 3.39. The van der Waals surface area contributed by atoms with Crippen molar-refractivity contribution < 1.29 is 9.59 Å². The number of fused-ring (bicyclic) bond motifs is 2. The van der Waals surface area contributed by atoms with E-state index >= 15 is 0 Å². The van der Waals surface area contributed by atoms with Crippen LogP contribution in [0.2, 0.25) is 0 Å². The fourth-order valence-electron chi connectivity index (χ4n) is 4.24. The number of para-hydroxylation sites is 1. The zero-order valence-electron chi connectivity index (χ0n) is 18.4. The lowest BCUT2D eigenvalue weighted by molar-refractivity contribution is -0.128. The summed E-state index contributed by atoms with van der Waals surface area (Å²) in [4.78, 5) is 28.1. The van der Waals surface area contributed by atoms with Gasteiger partial charge in [0, 0.05) is 11.3 Å². The van der Waals surface area contributed by atoms with Crippen LogP contribution in [-0.2, 0) is 22.6 Å². The molecular formula is C27H27N3O2. The molecule has 0 spiro atoms. The molecule has 1 aliphatic heterocycles. The molecule has 0 saturated carbocycles. The maximum atomic E-state index is 13.7. The lowest BCUT2D eigenvalue weighted by Gasteiger charge is -2.28. The Morgan fingerprint density at radius 1 is 1.16 bits per heavy atom. The fourth-order valence-corrected chi connectivity index (χ4v) is 4.24. The lowest BCUT2D eigenvalue weighted by atomic mass is 9.98. The minimum atomic E-state index is -0.602. The summed E-state index contributed by atoms with van der Waals surface area (Å²) in [5.41, 5.74) is 3.65. The van der Waals surface area contributed by atoms with Gasteiger partial charge in [0.2, 0.25) is 11.8 Å². The van der Waals surface area contributed by atoms with E-state index in [9.17, 15) is 9.59 Å². The van der Waals surface area contributed by atoms with Gasteiger partial charge in [0.1, 0.15) is 6.04 Å². The van der Waals surface area contributed by atoms with Crippen LogP contribution < -0.4 is 15.5 Å². The zero-order chi connectivity index (χ0) is 22.7. The highest BCUT2D eigenvalue weighted by atomic mass is 16.2. The summed E-state index contributed by atoms with van der Waals surface area (Å²) < 4.78 is 0. The molecule has 0 aliphatic carbocycles. The van der Waals surface area contributed by atoms with Gasteiger partial charge in [-0.1, -0.05) is 54.5 Å². The average molecular weight is 426 g/mol. The molecule has 0 aromatic heterocycles. The van der Waals surface area contributed by atoms with Gasteiger partial charge >= 0.3 is 0 Å². The largest absolute Gasteiger partial charge is 0.343 e. The van der Waals surface area contributed by atoms with Crippen LogP contribution in [-0.4, -0.2) is 30.9 Å². The first-order valence-corrected chi connectivity index (χ1v) is 10.9. The first-order chi connectivity index (χ1) is 15.5. The highest BCUT2D eigenvalue weighted by Crippen LogP contribution is 2.31. The number of terminal acetylenes is 1. The average Bonchev–Trinajstić information content (AvgIpc) is 2.95. The van der Waals surface area contributed by atoms with Crippen LogP contribution in [0.25, 0.3) is 10.8 Å². The van der Waals surface area contributed by atoms with Crippen LogP contribution in [0, 0.1) is 12.3 Å². The van der Waals surface area contributed by atoms with E-state index in [1.807, 2.05) is 60.7 Å². The van der Waals surface area contributed by atoms with Crippen LogP contribution in [0.1, 0.15) is 30.0 Å². The fraction of sp³-hybridized carbons (Fsp3) is 0.259. The summed E-state index contributed by atoms with van der Waals surface area (Å²) in [7, 11) is 1.73. The highest BCUT2D eigenvalue weighted by molar-refractivity contribution is 6.01.